The van der Waals surface area contributed by atoms with Crippen LogP contribution in [0.25, 0.3) is 22.2 Å². The highest BCUT2D eigenvalue weighted by Crippen LogP contribution is 2.45. The zero-order chi connectivity index (χ0) is 20.3. The maximum absolute atomic E-state index is 10.00. The topological polar surface area (TPSA) is 79.3 Å². The van der Waals surface area contributed by atoms with E-state index < -0.39 is 0 Å². The van der Waals surface area contributed by atoms with Crippen LogP contribution in [0.4, 0.5) is 0 Å². The summed E-state index contributed by atoms with van der Waals surface area (Å²) in [5.74, 6) is 2.63. The predicted octanol–water partition coefficient (Wildman–Crippen LogP) is 3.44. The second-order valence-corrected chi connectivity index (χ2v) is 5.93. The van der Waals surface area contributed by atoms with Crippen molar-refractivity contribution in [3.63, 3.8) is 0 Å². The molecule has 2 aromatic carbocycles. The number of rotatable bonds is 7. The summed E-state index contributed by atoms with van der Waals surface area (Å²) in [6.45, 7) is -0.189. The number of benzene rings is 2. The van der Waals surface area contributed by atoms with Crippen molar-refractivity contribution in [1.29, 1.82) is 0 Å². The average molecular weight is 385 g/mol. The fraction of sp³-hybridized carbons (Fsp3) is 0.286. The van der Waals surface area contributed by atoms with Crippen LogP contribution in [-0.4, -0.2) is 45.6 Å². The van der Waals surface area contributed by atoms with Crippen LogP contribution in [0.2, 0.25) is 0 Å². The molecule has 0 unspecified atom stereocenters. The van der Waals surface area contributed by atoms with Crippen LogP contribution in [0.5, 0.6) is 28.7 Å². The molecule has 148 valence electrons. The summed E-state index contributed by atoms with van der Waals surface area (Å²) in [6, 6.07) is 9.12. The lowest BCUT2D eigenvalue weighted by molar-refractivity contribution is 0.282. The molecule has 0 saturated carbocycles. The van der Waals surface area contributed by atoms with Crippen molar-refractivity contribution < 1.29 is 28.8 Å². The predicted molar refractivity (Wildman–Crippen MR) is 106 cm³/mol. The van der Waals surface area contributed by atoms with Gasteiger partial charge in [-0.05, 0) is 29.8 Å². The Morgan fingerprint density at radius 2 is 1.43 bits per heavy atom. The van der Waals surface area contributed by atoms with Crippen LogP contribution >= 0.6 is 0 Å². The second-order valence-electron chi connectivity index (χ2n) is 5.93. The van der Waals surface area contributed by atoms with Crippen LogP contribution in [0.3, 0.4) is 0 Å². The van der Waals surface area contributed by atoms with Crippen molar-refractivity contribution >= 4 is 10.9 Å². The third-order valence-electron chi connectivity index (χ3n) is 4.53. The van der Waals surface area contributed by atoms with Gasteiger partial charge in [-0.3, -0.25) is 0 Å². The number of nitrogens with zero attached hydrogens (tertiary/aromatic N) is 1. The fourth-order valence-corrected chi connectivity index (χ4v) is 3.21. The number of methoxy groups -OCH3 is 5. The maximum atomic E-state index is 10.00. The Hall–Kier alpha value is -3.19. The molecule has 7 heteroatoms. The van der Waals surface area contributed by atoms with Crippen LogP contribution in [0.1, 0.15) is 5.56 Å². The molecule has 3 aromatic rings. The van der Waals surface area contributed by atoms with E-state index in [1.807, 2.05) is 24.3 Å². The van der Waals surface area contributed by atoms with Crippen molar-refractivity contribution in [2.45, 2.75) is 6.61 Å². The van der Waals surface area contributed by atoms with Gasteiger partial charge in [0, 0.05) is 11.6 Å². The van der Waals surface area contributed by atoms with E-state index in [-0.39, 0.29) is 6.61 Å². The van der Waals surface area contributed by atoms with Crippen LogP contribution < -0.4 is 23.7 Å². The van der Waals surface area contributed by atoms with Gasteiger partial charge >= 0.3 is 0 Å². The third kappa shape index (κ3) is 3.25. The molecule has 0 aliphatic rings. The van der Waals surface area contributed by atoms with E-state index in [9.17, 15) is 5.11 Å². The van der Waals surface area contributed by atoms with E-state index in [1.165, 1.54) is 7.11 Å². The normalized spacial score (nSPS) is 10.6. The van der Waals surface area contributed by atoms with Gasteiger partial charge in [-0.15, -0.1) is 0 Å². The molecule has 7 nitrogen and oxygen atoms in total. The first-order valence-electron chi connectivity index (χ1n) is 8.57. The molecule has 0 saturated heterocycles. The van der Waals surface area contributed by atoms with Gasteiger partial charge in [-0.25, -0.2) is 4.98 Å². The Labute approximate surface area is 163 Å². The van der Waals surface area contributed by atoms with E-state index in [4.69, 9.17) is 28.7 Å². The number of ether oxygens (including phenoxy) is 5. The fourth-order valence-electron chi connectivity index (χ4n) is 3.21. The number of aliphatic hydroxyl groups excluding tert-OH is 1. The molecular weight excluding hydrogens is 362 g/mol. The summed E-state index contributed by atoms with van der Waals surface area (Å²) in [5, 5.41) is 10.7. The summed E-state index contributed by atoms with van der Waals surface area (Å²) in [5.41, 5.74) is 2.77. The monoisotopic (exact) mass is 385 g/mol. The molecule has 0 radical (unpaired) electrons. The van der Waals surface area contributed by atoms with E-state index in [1.54, 1.807) is 34.5 Å². The molecule has 1 N–H and O–H groups in total. The molecule has 1 aromatic heterocycles. The van der Waals surface area contributed by atoms with E-state index >= 15 is 0 Å². The molecule has 0 aliphatic heterocycles. The molecule has 1 heterocycles. The largest absolute Gasteiger partial charge is 0.493 e. The molecule has 28 heavy (non-hydrogen) atoms. The van der Waals surface area contributed by atoms with Gasteiger partial charge in [0.25, 0.3) is 0 Å². The lowest BCUT2D eigenvalue weighted by atomic mass is 10.0. The number of fused-ring (bicyclic) bond motifs is 1. The lowest BCUT2D eigenvalue weighted by Gasteiger charge is -2.17. The van der Waals surface area contributed by atoms with Crippen LogP contribution in [0.15, 0.2) is 30.3 Å². The minimum absolute atomic E-state index is 0.189. The van der Waals surface area contributed by atoms with Crippen molar-refractivity contribution in [3.05, 3.63) is 35.9 Å². The Balaban J connectivity index is 2.30. The Kier molecular flexibility index (Phi) is 5.75. The Morgan fingerprint density at radius 1 is 0.750 bits per heavy atom. The van der Waals surface area contributed by atoms with Crippen molar-refractivity contribution in [3.8, 4) is 40.0 Å². The zero-order valence-corrected chi connectivity index (χ0v) is 16.5. The van der Waals surface area contributed by atoms with Gasteiger partial charge < -0.3 is 28.8 Å². The average Bonchev–Trinajstić information content (AvgIpc) is 2.75. The third-order valence-corrected chi connectivity index (χ3v) is 4.53. The van der Waals surface area contributed by atoms with Crippen LogP contribution in [-0.2, 0) is 6.61 Å². The number of aromatic nitrogens is 1. The summed E-state index contributed by atoms with van der Waals surface area (Å²) in [4.78, 5) is 4.75. The summed E-state index contributed by atoms with van der Waals surface area (Å²) >= 11 is 0. The van der Waals surface area contributed by atoms with Gasteiger partial charge in [-0.1, -0.05) is 0 Å². The maximum Gasteiger partial charge on any atom is 0.204 e. The molecule has 0 aliphatic carbocycles. The molecule has 0 bridgehead atoms. The van der Waals surface area contributed by atoms with Crippen molar-refractivity contribution in [2.75, 3.05) is 35.5 Å². The molecule has 0 spiro atoms. The number of aliphatic hydroxyl groups is 1. The summed E-state index contributed by atoms with van der Waals surface area (Å²) in [7, 11) is 7.79. The first kappa shape index (κ1) is 19.6. The highest BCUT2D eigenvalue weighted by molar-refractivity contribution is 5.94. The molecular formula is C21H23NO6. The zero-order valence-electron chi connectivity index (χ0n) is 16.5. The van der Waals surface area contributed by atoms with Crippen molar-refractivity contribution in [1.82, 2.24) is 4.98 Å². The van der Waals surface area contributed by atoms with Gasteiger partial charge in [-0.2, -0.15) is 0 Å². The van der Waals surface area contributed by atoms with Gasteiger partial charge in [0.15, 0.2) is 23.0 Å². The Morgan fingerprint density at radius 3 is 2.00 bits per heavy atom. The molecule has 0 fully saturated rings. The first-order valence-corrected chi connectivity index (χ1v) is 8.57. The van der Waals surface area contributed by atoms with Gasteiger partial charge in [0.1, 0.15) is 0 Å². The Bertz CT molecular complexity index is 1000. The highest BCUT2D eigenvalue weighted by atomic mass is 16.5. The van der Waals surface area contributed by atoms with Gasteiger partial charge in [0.05, 0.1) is 58.8 Å². The number of pyridine rings is 1. The highest BCUT2D eigenvalue weighted by Gasteiger charge is 2.20. The summed E-state index contributed by atoms with van der Waals surface area (Å²) < 4.78 is 27.1. The van der Waals surface area contributed by atoms with E-state index in [0.29, 0.717) is 50.9 Å². The summed E-state index contributed by atoms with van der Waals surface area (Å²) in [6.07, 6.45) is 0. The molecule has 3 rings (SSSR count). The second kappa shape index (κ2) is 8.22. The van der Waals surface area contributed by atoms with Gasteiger partial charge in [0.2, 0.25) is 5.75 Å². The lowest BCUT2D eigenvalue weighted by Crippen LogP contribution is -2.00. The number of hydrogen-bond donors (Lipinski definition) is 1. The minimum atomic E-state index is -0.189. The van der Waals surface area contributed by atoms with Crippen LogP contribution in [0, 0.1) is 0 Å². The number of hydrogen-bond acceptors (Lipinski definition) is 7. The standard InChI is InChI=1S/C21H23NO6/c1-24-16-7-6-12(9-17(16)25-2)14-8-13(11-23)19-15(22-14)10-18(26-3)20(27-4)21(19)28-5/h6-10,23H,11H2,1-5H3. The smallest absolute Gasteiger partial charge is 0.204 e. The first-order chi connectivity index (χ1) is 13.6. The SMILES string of the molecule is COc1ccc(-c2cc(CO)c3c(OC)c(OC)c(OC)cc3n2)cc1OC. The quantitative estimate of drug-likeness (QED) is 0.667. The molecule has 0 amide bonds. The van der Waals surface area contributed by atoms with E-state index in [2.05, 4.69) is 0 Å². The van der Waals surface area contributed by atoms with Crippen molar-refractivity contribution in [2.24, 2.45) is 0 Å². The van der Waals surface area contributed by atoms with E-state index in [0.717, 1.165) is 5.56 Å². The minimum Gasteiger partial charge on any atom is -0.493 e. The molecule has 0 atom stereocenters.